The van der Waals surface area contributed by atoms with Crippen LogP contribution in [0, 0.1) is 0 Å². The number of nitrogens with zero attached hydrogens (tertiary/aromatic N) is 1. The van der Waals surface area contributed by atoms with Crippen molar-refractivity contribution in [3.05, 3.63) is 0 Å². The molecule has 0 spiro atoms. The van der Waals surface area contributed by atoms with E-state index in [1.807, 2.05) is 0 Å². The lowest BCUT2D eigenvalue weighted by molar-refractivity contribution is 0.477. The average molecular weight is 202 g/mol. The van der Waals surface area contributed by atoms with E-state index in [0.29, 0.717) is 10.1 Å². The van der Waals surface area contributed by atoms with Gasteiger partial charge in [0.15, 0.2) is 0 Å². The molecule has 8 heteroatoms. The van der Waals surface area contributed by atoms with Crippen LogP contribution in [0.5, 0.6) is 0 Å². The lowest BCUT2D eigenvalue weighted by Crippen LogP contribution is -2.38. The standard InChI is InChI=1S/C3H10N2O4S2/c1-2-3-5(10(6)7)11(4,8)9/h2-3H2,1H3,(H,6,7)(H2,4,8,9). The molecule has 3 N–H and O–H groups in total. The fraction of sp³-hybridized carbons (Fsp3) is 1.00. The fourth-order valence-electron chi connectivity index (χ4n) is 0.477. The van der Waals surface area contributed by atoms with Crippen LogP contribution in [-0.4, -0.2) is 27.4 Å². The first-order valence-corrected chi connectivity index (χ1v) is 5.37. The molecule has 0 fully saturated rings. The third-order valence-electron chi connectivity index (χ3n) is 0.864. The predicted octanol–water partition coefficient (Wildman–Crippen LogP) is -0.961. The molecule has 11 heavy (non-hydrogen) atoms. The van der Waals surface area contributed by atoms with Crippen LogP contribution in [0.2, 0.25) is 0 Å². The van der Waals surface area contributed by atoms with Crippen LogP contribution in [0.25, 0.3) is 0 Å². The zero-order chi connectivity index (χ0) is 9.07. The van der Waals surface area contributed by atoms with Crippen LogP contribution < -0.4 is 5.14 Å². The van der Waals surface area contributed by atoms with E-state index >= 15 is 0 Å². The van der Waals surface area contributed by atoms with Crippen LogP contribution in [0.3, 0.4) is 0 Å². The van der Waals surface area contributed by atoms with E-state index in [9.17, 15) is 12.6 Å². The molecule has 0 aliphatic rings. The van der Waals surface area contributed by atoms with Crippen molar-refractivity contribution in [1.82, 2.24) is 3.71 Å². The fourth-order valence-corrected chi connectivity index (χ4v) is 1.96. The van der Waals surface area contributed by atoms with Crippen LogP contribution >= 0.6 is 0 Å². The van der Waals surface area contributed by atoms with E-state index in [-0.39, 0.29) is 6.54 Å². The van der Waals surface area contributed by atoms with Gasteiger partial charge in [-0.25, -0.2) is 9.35 Å². The summed E-state index contributed by atoms with van der Waals surface area (Å²) in [6.07, 6.45) is 0.433. The van der Waals surface area contributed by atoms with Crippen LogP contribution in [-0.2, 0) is 21.5 Å². The second-order valence-electron chi connectivity index (χ2n) is 1.80. The van der Waals surface area contributed by atoms with Gasteiger partial charge in [-0.2, -0.15) is 8.42 Å². The summed E-state index contributed by atoms with van der Waals surface area (Å²) in [6, 6.07) is 0. The second kappa shape index (κ2) is 4.12. The van der Waals surface area contributed by atoms with Gasteiger partial charge < -0.3 is 0 Å². The lowest BCUT2D eigenvalue weighted by atomic mass is 10.5. The maximum atomic E-state index is 10.5. The van der Waals surface area contributed by atoms with Gasteiger partial charge in [0.25, 0.3) is 10.2 Å². The van der Waals surface area contributed by atoms with Crippen molar-refractivity contribution in [2.75, 3.05) is 6.54 Å². The third kappa shape index (κ3) is 3.77. The molecule has 0 heterocycles. The molecular weight excluding hydrogens is 192 g/mol. The molecule has 0 saturated heterocycles. The van der Waals surface area contributed by atoms with Gasteiger partial charge in [0.05, 0.1) is 0 Å². The average Bonchev–Trinajstić information content (AvgIpc) is 1.79. The van der Waals surface area contributed by atoms with Gasteiger partial charge in [-0.15, -0.1) is 0 Å². The monoisotopic (exact) mass is 202 g/mol. The summed E-state index contributed by atoms with van der Waals surface area (Å²) in [5.74, 6) is 0. The minimum Gasteiger partial charge on any atom is -0.293 e. The summed E-state index contributed by atoms with van der Waals surface area (Å²) in [4.78, 5) is 0. The third-order valence-corrected chi connectivity index (χ3v) is 3.15. The molecule has 0 aliphatic heterocycles. The van der Waals surface area contributed by atoms with E-state index in [1.165, 1.54) is 0 Å². The van der Waals surface area contributed by atoms with Crippen LogP contribution in [0.1, 0.15) is 13.3 Å². The first-order valence-electron chi connectivity index (χ1n) is 2.81. The van der Waals surface area contributed by atoms with Gasteiger partial charge in [-0.3, -0.25) is 4.55 Å². The van der Waals surface area contributed by atoms with E-state index in [0.717, 1.165) is 0 Å². The molecule has 0 aliphatic carbocycles. The largest absolute Gasteiger partial charge is 0.293 e. The molecule has 68 valence electrons. The van der Waals surface area contributed by atoms with E-state index in [1.54, 1.807) is 6.92 Å². The normalized spacial score (nSPS) is 15.3. The van der Waals surface area contributed by atoms with Crippen LogP contribution in [0.4, 0.5) is 0 Å². The Kier molecular flexibility index (Phi) is 4.11. The summed E-state index contributed by atoms with van der Waals surface area (Å²) in [6.45, 7) is 1.62. The molecule has 0 radical (unpaired) electrons. The van der Waals surface area contributed by atoms with Crippen molar-refractivity contribution < 1.29 is 17.2 Å². The summed E-state index contributed by atoms with van der Waals surface area (Å²) in [5.41, 5.74) is 0. The molecule has 1 unspecified atom stereocenters. The highest BCUT2D eigenvalue weighted by atomic mass is 32.3. The quantitative estimate of drug-likeness (QED) is 0.573. The minimum absolute atomic E-state index is 0.0536. The summed E-state index contributed by atoms with van der Waals surface area (Å²) in [7, 11) is -4.04. The Balaban J connectivity index is 4.49. The molecule has 0 aromatic carbocycles. The summed E-state index contributed by atoms with van der Waals surface area (Å²) < 4.78 is 40.1. The van der Waals surface area contributed by atoms with E-state index in [2.05, 4.69) is 5.14 Å². The van der Waals surface area contributed by atoms with Crippen molar-refractivity contribution in [1.29, 1.82) is 0 Å². The molecule has 1 atom stereocenters. The van der Waals surface area contributed by atoms with Gasteiger partial charge >= 0.3 is 0 Å². The highest BCUT2D eigenvalue weighted by molar-refractivity contribution is 7.97. The minimum atomic E-state index is -4.04. The van der Waals surface area contributed by atoms with E-state index < -0.39 is 21.5 Å². The summed E-state index contributed by atoms with van der Waals surface area (Å²) in [5, 5.41) is 4.61. The number of hydrogen-bond donors (Lipinski definition) is 2. The Labute approximate surface area is 68.0 Å². The van der Waals surface area contributed by atoms with E-state index in [4.69, 9.17) is 4.55 Å². The Bertz CT molecular complexity index is 236. The van der Waals surface area contributed by atoms with Crippen molar-refractivity contribution in [3.8, 4) is 0 Å². The Morgan fingerprint density at radius 3 is 2.18 bits per heavy atom. The van der Waals surface area contributed by atoms with Crippen molar-refractivity contribution in [3.63, 3.8) is 0 Å². The van der Waals surface area contributed by atoms with Crippen molar-refractivity contribution in [2.45, 2.75) is 13.3 Å². The predicted molar refractivity (Wildman–Crippen MR) is 40.9 cm³/mol. The first kappa shape index (κ1) is 11.0. The molecular formula is C3H10N2O4S2. The molecule has 0 aromatic heterocycles. The second-order valence-corrected chi connectivity index (χ2v) is 4.41. The smallest absolute Gasteiger partial charge is 0.289 e. The van der Waals surface area contributed by atoms with Gasteiger partial charge in [0, 0.05) is 6.54 Å². The van der Waals surface area contributed by atoms with Gasteiger partial charge in [0.2, 0.25) is 11.3 Å². The molecule has 0 bridgehead atoms. The lowest BCUT2D eigenvalue weighted by Gasteiger charge is -2.12. The molecule has 0 amide bonds. The van der Waals surface area contributed by atoms with Crippen molar-refractivity contribution >= 4 is 21.5 Å². The molecule has 0 rings (SSSR count). The van der Waals surface area contributed by atoms with Gasteiger partial charge in [0.1, 0.15) is 0 Å². The molecule has 6 nitrogen and oxygen atoms in total. The number of hydrogen-bond acceptors (Lipinski definition) is 3. The first-order chi connectivity index (χ1) is 4.89. The maximum absolute atomic E-state index is 10.5. The number of nitrogens with two attached hydrogens (primary N) is 1. The Morgan fingerprint density at radius 1 is 1.64 bits per heavy atom. The zero-order valence-electron chi connectivity index (χ0n) is 5.93. The van der Waals surface area contributed by atoms with Gasteiger partial charge in [-0.1, -0.05) is 10.6 Å². The van der Waals surface area contributed by atoms with Gasteiger partial charge in [-0.05, 0) is 6.42 Å². The van der Waals surface area contributed by atoms with Crippen molar-refractivity contribution in [2.24, 2.45) is 5.14 Å². The SMILES string of the molecule is CCCN(S(=O)O)S(N)(=O)=O. The van der Waals surface area contributed by atoms with Crippen LogP contribution in [0.15, 0.2) is 0 Å². The Hall–Kier alpha value is -0.0200. The topological polar surface area (TPSA) is 101 Å². The Morgan fingerprint density at radius 2 is 2.09 bits per heavy atom. The highest BCUT2D eigenvalue weighted by Gasteiger charge is 2.21. The highest BCUT2D eigenvalue weighted by Crippen LogP contribution is 1.98. The maximum Gasteiger partial charge on any atom is 0.289 e. The molecule has 0 aromatic rings. The zero-order valence-corrected chi connectivity index (χ0v) is 7.56. The molecule has 0 saturated carbocycles. The number of rotatable bonds is 4. The summed E-state index contributed by atoms with van der Waals surface area (Å²) >= 11 is -2.55.